The third kappa shape index (κ3) is 6.51. The van der Waals surface area contributed by atoms with Crippen molar-refractivity contribution in [2.24, 2.45) is 0 Å². The van der Waals surface area contributed by atoms with Crippen LogP contribution in [0, 0.1) is 0 Å². The predicted molar refractivity (Wildman–Crippen MR) is 290 cm³/mol. The molecule has 0 spiro atoms. The minimum Gasteiger partial charge on any atom is -0.456 e. The smallest absolute Gasteiger partial charge is 0.137 e. The number of nitrogens with zero attached hydrogens (tertiary/aromatic N) is 2. The van der Waals surface area contributed by atoms with Crippen molar-refractivity contribution in [3.8, 4) is 67.0 Å². The lowest BCUT2D eigenvalue weighted by molar-refractivity contribution is 0.668. The van der Waals surface area contributed by atoms with E-state index in [9.17, 15) is 0 Å². The molecule has 0 aliphatic carbocycles. The van der Waals surface area contributed by atoms with Gasteiger partial charge in [-0.25, -0.2) is 0 Å². The van der Waals surface area contributed by atoms with Crippen molar-refractivity contribution in [3.63, 3.8) is 0 Å². The molecular weight excluding hydrogens is 837 g/mol. The van der Waals surface area contributed by atoms with Gasteiger partial charge in [0.05, 0.1) is 22.1 Å². The molecule has 0 radical (unpaired) electrons. The van der Waals surface area contributed by atoms with Gasteiger partial charge in [-0.3, -0.25) is 0 Å². The maximum Gasteiger partial charge on any atom is 0.137 e. The van der Waals surface area contributed by atoms with Crippen molar-refractivity contribution < 1.29 is 4.42 Å². The molecule has 14 aromatic rings. The lowest BCUT2D eigenvalue weighted by atomic mass is 9.93. The van der Waals surface area contributed by atoms with Crippen LogP contribution < -0.4 is 0 Å². The highest BCUT2D eigenvalue weighted by atomic mass is 16.3. The first-order valence-corrected chi connectivity index (χ1v) is 23.6. The van der Waals surface area contributed by atoms with E-state index in [2.05, 4.69) is 252 Å². The molecule has 0 N–H and O–H groups in total. The molecule has 0 unspecified atom stereocenters. The molecule has 0 fully saturated rings. The van der Waals surface area contributed by atoms with E-state index in [1.54, 1.807) is 0 Å². The van der Waals surface area contributed by atoms with Crippen LogP contribution in [0.1, 0.15) is 0 Å². The van der Waals surface area contributed by atoms with Crippen LogP contribution in [0.25, 0.3) is 133 Å². The quantitative estimate of drug-likeness (QED) is 0.156. The third-order valence-electron chi connectivity index (χ3n) is 14.1. The molecule has 3 nitrogen and oxygen atoms in total. The lowest BCUT2D eigenvalue weighted by Gasteiger charge is -2.14. The van der Waals surface area contributed by atoms with E-state index < -0.39 is 0 Å². The van der Waals surface area contributed by atoms with E-state index in [-0.39, 0.29) is 0 Å². The number of hydrogen-bond donors (Lipinski definition) is 0. The summed E-state index contributed by atoms with van der Waals surface area (Å²) in [7, 11) is 0. The molecule has 0 bridgehead atoms. The van der Waals surface area contributed by atoms with E-state index in [4.69, 9.17) is 4.42 Å². The summed E-state index contributed by atoms with van der Waals surface area (Å²) in [6, 6.07) is 92.7. The topological polar surface area (TPSA) is 23.0 Å². The van der Waals surface area contributed by atoms with Gasteiger partial charge in [0.15, 0.2) is 0 Å². The van der Waals surface area contributed by atoms with Crippen LogP contribution in [-0.2, 0) is 0 Å². The first-order valence-electron chi connectivity index (χ1n) is 23.6. The first-order chi connectivity index (χ1) is 34.2. The monoisotopic (exact) mass is 878 g/mol. The lowest BCUT2D eigenvalue weighted by Crippen LogP contribution is -1.95. The first kappa shape index (κ1) is 39.0. The number of hydrogen-bond acceptors (Lipinski definition) is 1. The Balaban J connectivity index is 0.925. The fourth-order valence-electron chi connectivity index (χ4n) is 10.8. The SMILES string of the molecule is c1ccc(-c2cc(-c3ccccc3)cc(-c3cccc(-n4c5ccc(-c6ccccc6)cc5c5cc(-c6ccc7c(c6)c6ccccc6n7-c6ccc7c(c6)oc6ccccc67)ccc54)c3)c2)cc1. The predicted octanol–water partition coefficient (Wildman–Crippen LogP) is 18.1. The molecule has 3 heteroatoms. The van der Waals surface area contributed by atoms with Crippen LogP contribution >= 0.6 is 0 Å². The van der Waals surface area contributed by atoms with Crippen molar-refractivity contribution in [1.29, 1.82) is 0 Å². The largest absolute Gasteiger partial charge is 0.456 e. The molecule has 11 aromatic carbocycles. The zero-order valence-corrected chi connectivity index (χ0v) is 37.6. The highest BCUT2D eigenvalue weighted by molar-refractivity contribution is 6.14. The fraction of sp³-hybridized carbons (Fsp3) is 0. The summed E-state index contributed by atoms with van der Waals surface area (Å²) in [4.78, 5) is 0. The summed E-state index contributed by atoms with van der Waals surface area (Å²) in [6.07, 6.45) is 0. The standard InChI is InChI=1S/C66H42N2O/c1-4-15-43(16-5-1)47-27-32-63-59(39-47)60-41-49(48-28-33-62-58(40-48)55-23-10-12-25-61(55)68(62)54-30-31-57-56-24-11-13-26-65(56)69-66(57)42-54)29-34-64(60)67(63)53-22-14-21-46(38-53)52-36-50(44-17-6-2-7-18-44)35-51(37-52)45-19-8-3-9-20-45/h1-42H. The summed E-state index contributed by atoms with van der Waals surface area (Å²) in [6.45, 7) is 0. The Morgan fingerprint density at radius 3 is 1.20 bits per heavy atom. The van der Waals surface area contributed by atoms with Gasteiger partial charge in [0, 0.05) is 49.8 Å². The van der Waals surface area contributed by atoms with Crippen molar-refractivity contribution in [3.05, 3.63) is 255 Å². The molecule has 69 heavy (non-hydrogen) atoms. The summed E-state index contributed by atoms with van der Waals surface area (Å²) in [5.74, 6) is 0. The fourth-order valence-corrected chi connectivity index (χ4v) is 10.8. The molecule has 0 amide bonds. The van der Waals surface area contributed by atoms with Gasteiger partial charge in [-0.05, 0) is 147 Å². The van der Waals surface area contributed by atoms with Gasteiger partial charge in [-0.15, -0.1) is 0 Å². The van der Waals surface area contributed by atoms with Crippen LogP contribution in [0.5, 0.6) is 0 Å². The number of aromatic nitrogens is 2. The van der Waals surface area contributed by atoms with Gasteiger partial charge in [0.2, 0.25) is 0 Å². The molecular formula is C66H42N2O. The number of furan rings is 1. The van der Waals surface area contributed by atoms with Gasteiger partial charge < -0.3 is 13.6 Å². The maximum absolute atomic E-state index is 6.37. The minimum atomic E-state index is 0.889. The van der Waals surface area contributed by atoms with Crippen LogP contribution in [0.15, 0.2) is 259 Å². The normalized spacial score (nSPS) is 11.8. The van der Waals surface area contributed by atoms with Gasteiger partial charge in [0.25, 0.3) is 0 Å². The van der Waals surface area contributed by atoms with E-state index >= 15 is 0 Å². The Morgan fingerprint density at radius 2 is 0.609 bits per heavy atom. The molecule has 14 rings (SSSR count). The zero-order valence-electron chi connectivity index (χ0n) is 37.6. The summed E-state index contributed by atoms with van der Waals surface area (Å²) in [5, 5.41) is 7.13. The van der Waals surface area contributed by atoms with Crippen molar-refractivity contribution in [2.45, 2.75) is 0 Å². The molecule has 322 valence electrons. The van der Waals surface area contributed by atoms with Crippen LogP contribution in [-0.4, -0.2) is 9.13 Å². The van der Waals surface area contributed by atoms with Crippen LogP contribution in [0.4, 0.5) is 0 Å². The summed E-state index contributed by atoms with van der Waals surface area (Å²) < 4.78 is 11.2. The number of fused-ring (bicyclic) bond motifs is 9. The highest BCUT2D eigenvalue weighted by Gasteiger charge is 2.19. The Labute approximate surface area is 399 Å². The van der Waals surface area contributed by atoms with E-state index in [0.717, 1.165) is 49.9 Å². The maximum atomic E-state index is 6.37. The van der Waals surface area contributed by atoms with Crippen LogP contribution in [0.2, 0.25) is 0 Å². The van der Waals surface area contributed by atoms with Gasteiger partial charge in [-0.2, -0.15) is 0 Å². The van der Waals surface area contributed by atoms with E-state index in [0.29, 0.717) is 0 Å². The van der Waals surface area contributed by atoms with Gasteiger partial charge in [0.1, 0.15) is 11.2 Å². The molecule has 0 aliphatic rings. The summed E-state index contributed by atoms with van der Waals surface area (Å²) >= 11 is 0. The third-order valence-corrected chi connectivity index (χ3v) is 14.1. The average molecular weight is 879 g/mol. The Hall–Kier alpha value is -9.18. The average Bonchev–Trinajstić information content (AvgIpc) is 4.08. The minimum absolute atomic E-state index is 0.889. The highest BCUT2D eigenvalue weighted by Crippen LogP contribution is 2.41. The van der Waals surface area contributed by atoms with Gasteiger partial charge in [-0.1, -0.05) is 158 Å². The van der Waals surface area contributed by atoms with E-state index in [1.807, 2.05) is 12.1 Å². The number of benzene rings is 11. The van der Waals surface area contributed by atoms with Crippen molar-refractivity contribution >= 4 is 65.6 Å². The molecule has 0 saturated heterocycles. The van der Waals surface area contributed by atoms with Crippen molar-refractivity contribution in [1.82, 2.24) is 9.13 Å². The second kappa shape index (κ2) is 15.7. The summed E-state index contributed by atoms with van der Waals surface area (Å²) in [5.41, 5.74) is 20.5. The second-order valence-corrected chi connectivity index (χ2v) is 18.1. The number of rotatable bonds is 7. The molecule has 0 saturated carbocycles. The second-order valence-electron chi connectivity index (χ2n) is 18.1. The Kier molecular flexibility index (Phi) is 8.90. The zero-order chi connectivity index (χ0) is 45.4. The number of para-hydroxylation sites is 2. The molecule has 0 atom stereocenters. The Morgan fingerprint density at radius 1 is 0.203 bits per heavy atom. The Bertz CT molecular complexity index is 4230. The van der Waals surface area contributed by atoms with Gasteiger partial charge >= 0.3 is 0 Å². The van der Waals surface area contributed by atoms with E-state index in [1.165, 1.54) is 82.7 Å². The molecule has 3 heterocycles. The van der Waals surface area contributed by atoms with Crippen LogP contribution in [0.3, 0.4) is 0 Å². The molecule has 0 aliphatic heterocycles. The van der Waals surface area contributed by atoms with Crippen molar-refractivity contribution in [2.75, 3.05) is 0 Å². The molecule has 3 aromatic heterocycles.